The summed E-state index contributed by atoms with van der Waals surface area (Å²) in [6, 6.07) is 6.71. The molecule has 116 valence electrons. The molecule has 1 atom stereocenters. The molecule has 1 aromatic carbocycles. The van der Waals surface area contributed by atoms with Crippen molar-refractivity contribution in [3.8, 4) is 0 Å². The maximum absolute atomic E-state index is 12.7. The summed E-state index contributed by atoms with van der Waals surface area (Å²) in [5.41, 5.74) is 7.29. The van der Waals surface area contributed by atoms with Crippen LogP contribution in [0.3, 0.4) is 0 Å². The molecule has 0 aliphatic rings. The van der Waals surface area contributed by atoms with Crippen LogP contribution in [0.1, 0.15) is 32.8 Å². The summed E-state index contributed by atoms with van der Waals surface area (Å²) in [4.78, 5) is 25.0. The van der Waals surface area contributed by atoms with Crippen molar-refractivity contribution in [3.05, 3.63) is 29.8 Å². The highest BCUT2D eigenvalue weighted by Crippen LogP contribution is 2.25. The van der Waals surface area contributed by atoms with Crippen molar-refractivity contribution in [1.29, 1.82) is 0 Å². The zero-order chi connectivity index (χ0) is 16.2. The molecule has 0 fully saturated rings. The van der Waals surface area contributed by atoms with Crippen LogP contribution in [0, 0.1) is 12.3 Å². The van der Waals surface area contributed by atoms with Crippen LogP contribution >= 0.6 is 0 Å². The first kappa shape index (κ1) is 17.2. The van der Waals surface area contributed by atoms with Crippen LogP contribution in [0.2, 0.25) is 0 Å². The van der Waals surface area contributed by atoms with E-state index in [9.17, 15) is 9.59 Å². The second-order valence-corrected chi connectivity index (χ2v) is 6.26. The minimum Gasteiger partial charge on any atom is -0.481 e. The van der Waals surface area contributed by atoms with Gasteiger partial charge in [-0.1, -0.05) is 39.0 Å². The molecule has 0 aliphatic carbocycles. The topological polar surface area (TPSA) is 83.6 Å². The number of hydrogen-bond donors (Lipinski definition) is 2. The first-order valence-electron chi connectivity index (χ1n) is 6.99. The fourth-order valence-corrected chi connectivity index (χ4v) is 1.96. The number of rotatable bonds is 5. The van der Waals surface area contributed by atoms with Crippen molar-refractivity contribution in [2.45, 2.75) is 40.2 Å². The quantitative estimate of drug-likeness (QED) is 0.871. The standard InChI is InChI=1S/C16H24N2O3/c1-11-7-5-6-8-12(11)18(10-9-13(19)20)15(21)14(17)16(2,3)4/h5-8,14H,9-10,17H2,1-4H3,(H,19,20)/t14-/m0/s1. The van der Waals surface area contributed by atoms with E-state index in [0.717, 1.165) is 5.56 Å². The predicted octanol–water partition coefficient (Wildman–Crippen LogP) is 2.18. The lowest BCUT2D eigenvalue weighted by Crippen LogP contribution is -2.51. The Morgan fingerprint density at radius 1 is 1.29 bits per heavy atom. The molecule has 1 aromatic rings. The monoisotopic (exact) mass is 292 g/mol. The van der Waals surface area contributed by atoms with Gasteiger partial charge in [0.05, 0.1) is 12.5 Å². The highest BCUT2D eigenvalue weighted by molar-refractivity contribution is 5.98. The molecule has 0 saturated carbocycles. The number of amides is 1. The van der Waals surface area contributed by atoms with Gasteiger partial charge < -0.3 is 15.7 Å². The number of carbonyl (C=O) groups is 2. The number of para-hydroxylation sites is 1. The van der Waals surface area contributed by atoms with Crippen molar-refractivity contribution in [1.82, 2.24) is 0 Å². The lowest BCUT2D eigenvalue weighted by Gasteiger charge is -2.32. The molecule has 0 saturated heterocycles. The molecular formula is C16H24N2O3. The van der Waals surface area contributed by atoms with E-state index in [1.165, 1.54) is 4.90 Å². The van der Waals surface area contributed by atoms with E-state index >= 15 is 0 Å². The van der Waals surface area contributed by atoms with E-state index in [2.05, 4.69) is 0 Å². The van der Waals surface area contributed by atoms with Crippen molar-refractivity contribution >= 4 is 17.6 Å². The third-order valence-corrected chi connectivity index (χ3v) is 3.42. The largest absolute Gasteiger partial charge is 0.481 e. The zero-order valence-corrected chi connectivity index (χ0v) is 13.1. The van der Waals surface area contributed by atoms with Crippen LogP contribution in [0.5, 0.6) is 0 Å². The van der Waals surface area contributed by atoms with E-state index in [1.807, 2.05) is 52.0 Å². The molecule has 21 heavy (non-hydrogen) atoms. The maximum Gasteiger partial charge on any atom is 0.305 e. The minimum atomic E-state index is -0.939. The lowest BCUT2D eigenvalue weighted by atomic mass is 9.86. The number of aliphatic carboxylic acids is 1. The molecule has 1 amide bonds. The van der Waals surface area contributed by atoms with Crippen molar-refractivity contribution < 1.29 is 14.7 Å². The molecule has 0 heterocycles. The van der Waals surface area contributed by atoms with Crippen molar-refractivity contribution in [3.63, 3.8) is 0 Å². The molecule has 5 nitrogen and oxygen atoms in total. The Morgan fingerprint density at radius 2 is 1.86 bits per heavy atom. The Kier molecular flexibility index (Phi) is 5.49. The number of nitrogens with two attached hydrogens (primary N) is 1. The molecule has 0 radical (unpaired) electrons. The number of aryl methyl sites for hydroxylation is 1. The normalized spacial score (nSPS) is 12.8. The van der Waals surface area contributed by atoms with Gasteiger partial charge in [0.25, 0.3) is 0 Å². The SMILES string of the molecule is Cc1ccccc1N(CCC(=O)O)C(=O)[C@H](N)C(C)(C)C. The summed E-state index contributed by atoms with van der Waals surface area (Å²) >= 11 is 0. The van der Waals surface area contributed by atoms with Gasteiger partial charge in [-0.2, -0.15) is 0 Å². The molecule has 5 heteroatoms. The molecular weight excluding hydrogens is 268 g/mol. The summed E-state index contributed by atoms with van der Waals surface area (Å²) < 4.78 is 0. The van der Waals surface area contributed by atoms with Crippen LogP contribution in [-0.2, 0) is 9.59 Å². The van der Waals surface area contributed by atoms with Crippen LogP contribution in [0.25, 0.3) is 0 Å². The highest BCUT2D eigenvalue weighted by Gasteiger charge is 2.32. The first-order chi connectivity index (χ1) is 9.64. The average molecular weight is 292 g/mol. The Labute approximate surface area is 125 Å². The van der Waals surface area contributed by atoms with Gasteiger partial charge in [0.15, 0.2) is 0 Å². The van der Waals surface area contributed by atoms with Gasteiger partial charge in [0.1, 0.15) is 0 Å². The van der Waals surface area contributed by atoms with Gasteiger partial charge in [-0.25, -0.2) is 0 Å². The van der Waals surface area contributed by atoms with Crippen LogP contribution in [0.15, 0.2) is 24.3 Å². The summed E-state index contributed by atoms with van der Waals surface area (Å²) in [5, 5.41) is 8.89. The summed E-state index contributed by atoms with van der Waals surface area (Å²) in [5.74, 6) is -1.19. The third kappa shape index (κ3) is 4.56. The molecule has 0 bridgehead atoms. The fourth-order valence-electron chi connectivity index (χ4n) is 1.96. The van der Waals surface area contributed by atoms with E-state index in [1.54, 1.807) is 0 Å². The van der Waals surface area contributed by atoms with Crippen LogP contribution in [0.4, 0.5) is 5.69 Å². The van der Waals surface area contributed by atoms with E-state index in [-0.39, 0.29) is 24.3 Å². The zero-order valence-electron chi connectivity index (χ0n) is 13.1. The van der Waals surface area contributed by atoms with Gasteiger partial charge in [0, 0.05) is 12.2 Å². The minimum absolute atomic E-state index is 0.114. The number of benzene rings is 1. The number of nitrogens with zero attached hydrogens (tertiary/aromatic N) is 1. The third-order valence-electron chi connectivity index (χ3n) is 3.42. The Bertz CT molecular complexity index is 520. The second-order valence-electron chi connectivity index (χ2n) is 6.26. The van der Waals surface area contributed by atoms with Crippen molar-refractivity contribution in [2.75, 3.05) is 11.4 Å². The van der Waals surface area contributed by atoms with E-state index in [0.29, 0.717) is 5.69 Å². The predicted molar refractivity (Wildman–Crippen MR) is 83.2 cm³/mol. The van der Waals surface area contributed by atoms with Crippen LogP contribution in [-0.4, -0.2) is 29.6 Å². The second kappa shape index (κ2) is 6.72. The molecule has 3 N–H and O–H groups in total. The fraction of sp³-hybridized carbons (Fsp3) is 0.500. The number of anilines is 1. The van der Waals surface area contributed by atoms with Gasteiger partial charge >= 0.3 is 5.97 Å². The molecule has 0 aliphatic heterocycles. The number of carbonyl (C=O) groups excluding carboxylic acids is 1. The van der Waals surface area contributed by atoms with Gasteiger partial charge in [0.2, 0.25) is 5.91 Å². The van der Waals surface area contributed by atoms with Crippen LogP contribution < -0.4 is 10.6 Å². The summed E-state index contributed by atoms with van der Waals surface area (Å²) in [7, 11) is 0. The van der Waals surface area contributed by atoms with Gasteiger partial charge in [-0.15, -0.1) is 0 Å². The van der Waals surface area contributed by atoms with E-state index < -0.39 is 12.0 Å². The smallest absolute Gasteiger partial charge is 0.305 e. The highest BCUT2D eigenvalue weighted by atomic mass is 16.4. The number of carboxylic acid groups (broad SMARTS) is 1. The van der Waals surface area contributed by atoms with Gasteiger partial charge in [-0.05, 0) is 24.0 Å². The lowest BCUT2D eigenvalue weighted by molar-refractivity contribution is -0.136. The first-order valence-corrected chi connectivity index (χ1v) is 6.99. The van der Waals surface area contributed by atoms with Gasteiger partial charge in [-0.3, -0.25) is 9.59 Å². The number of hydrogen-bond acceptors (Lipinski definition) is 3. The summed E-state index contributed by atoms with van der Waals surface area (Å²) in [6.45, 7) is 7.68. The molecule has 1 rings (SSSR count). The Morgan fingerprint density at radius 3 is 2.33 bits per heavy atom. The average Bonchev–Trinajstić information content (AvgIpc) is 2.38. The number of carboxylic acids is 1. The Balaban J connectivity index is 3.11. The van der Waals surface area contributed by atoms with E-state index in [4.69, 9.17) is 10.8 Å². The Hall–Kier alpha value is -1.88. The maximum atomic E-state index is 12.7. The van der Waals surface area contributed by atoms with Crippen molar-refractivity contribution in [2.24, 2.45) is 11.1 Å². The molecule has 0 spiro atoms. The molecule has 0 aromatic heterocycles. The summed E-state index contributed by atoms with van der Waals surface area (Å²) in [6.07, 6.45) is -0.114. The molecule has 0 unspecified atom stereocenters.